The minimum atomic E-state index is -0.460. The summed E-state index contributed by atoms with van der Waals surface area (Å²) in [5.41, 5.74) is 5.74. The van der Waals surface area contributed by atoms with Crippen molar-refractivity contribution in [2.24, 2.45) is 5.73 Å². The zero-order chi connectivity index (χ0) is 12.6. The first kappa shape index (κ1) is 12.0. The van der Waals surface area contributed by atoms with E-state index >= 15 is 0 Å². The van der Waals surface area contributed by atoms with Gasteiger partial charge in [0, 0.05) is 25.2 Å². The molecule has 92 valence electrons. The highest BCUT2D eigenvalue weighted by atomic mass is 32.1. The Kier molecular flexibility index (Phi) is 3.12. The fraction of sp³-hybridized carbons (Fsp3) is 0.500. The molecule has 0 aliphatic carbocycles. The third-order valence-electron chi connectivity index (χ3n) is 2.81. The zero-order valence-corrected chi connectivity index (χ0v) is 10.2. The number of nitrogens with zero attached hydrogens (tertiary/aromatic N) is 2. The number of aryl methyl sites for hydroxylation is 1. The van der Waals surface area contributed by atoms with E-state index in [1.54, 1.807) is 11.8 Å². The number of hydrogen-bond donors (Lipinski definition) is 1. The van der Waals surface area contributed by atoms with Crippen LogP contribution in [0.2, 0.25) is 0 Å². The minimum absolute atomic E-state index is 0.0156. The van der Waals surface area contributed by atoms with E-state index in [2.05, 4.69) is 0 Å². The molecular weight excluding hydrogens is 242 g/mol. The van der Waals surface area contributed by atoms with Crippen molar-refractivity contribution < 1.29 is 9.72 Å². The monoisotopic (exact) mass is 255 g/mol. The molecule has 0 saturated carbocycles. The molecule has 1 aromatic rings. The summed E-state index contributed by atoms with van der Waals surface area (Å²) < 4.78 is 0. The highest BCUT2D eigenvalue weighted by molar-refractivity contribution is 7.14. The van der Waals surface area contributed by atoms with E-state index in [0.29, 0.717) is 22.8 Å². The third-order valence-corrected chi connectivity index (χ3v) is 3.84. The highest BCUT2D eigenvalue weighted by Gasteiger charge is 2.27. The van der Waals surface area contributed by atoms with Crippen LogP contribution in [0.15, 0.2) is 6.07 Å². The van der Waals surface area contributed by atoms with Gasteiger partial charge in [-0.1, -0.05) is 0 Å². The van der Waals surface area contributed by atoms with Gasteiger partial charge in [0.25, 0.3) is 11.6 Å². The van der Waals surface area contributed by atoms with Gasteiger partial charge in [0.2, 0.25) is 0 Å². The van der Waals surface area contributed by atoms with Crippen molar-refractivity contribution in [2.45, 2.75) is 19.4 Å². The molecule has 6 nitrogen and oxygen atoms in total. The van der Waals surface area contributed by atoms with Crippen molar-refractivity contribution >= 4 is 22.9 Å². The Bertz CT molecular complexity index is 471. The number of nitro groups is 1. The maximum atomic E-state index is 12.0. The second-order valence-corrected chi connectivity index (χ2v) is 5.37. The van der Waals surface area contributed by atoms with Crippen LogP contribution in [-0.2, 0) is 0 Å². The van der Waals surface area contributed by atoms with Crippen LogP contribution in [0.4, 0.5) is 5.69 Å². The standard InChI is InChI=1S/C10H13N3O3S/c1-6-8(13(15)16)4-9(17-6)10(14)12-3-2-7(11)5-12/h4,7H,2-3,5,11H2,1H3/t7-/m1/s1. The molecule has 1 atom stereocenters. The lowest BCUT2D eigenvalue weighted by molar-refractivity contribution is -0.385. The predicted octanol–water partition coefficient (Wildman–Crippen LogP) is 1.14. The van der Waals surface area contributed by atoms with Gasteiger partial charge in [-0.2, -0.15) is 0 Å². The van der Waals surface area contributed by atoms with Gasteiger partial charge < -0.3 is 10.6 Å². The molecule has 0 radical (unpaired) electrons. The van der Waals surface area contributed by atoms with E-state index in [0.717, 1.165) is 6.42 Å². The molecule has 1 amide bonds. The van der Waals surface area contributed by atoms with Crippen molar-refractivity contribution in [3.63, 3.8) is 0 Å². The van der Waals surface area contributed by atoms with Crippen LogP contribution in [-0.4, -0.2) is 34.9 Å². The molecule has 1 fully saturated rings. The van der Waals surface area contributed by atoms with Gasteiger partial charge in [0.05, 0.1) is 14.7 Å². The smallest absolute Gasteiger partial charge is 0.283 e. The van der Waals surface area contributed by atoms with Gasteiger partial charge in [0.1, 0.15) is 0 Å². The Hall–Kier alpha value is -1.47. The Labute approximate surface area is 102 Å². The van der Waals surface area contributed by atoms with Crippen molar-refractivity contribution in [2.75, 3.05) is 13.1 Å². The number of rotatable bonds is 2. The van der Waals surface area contributed by atoms with Gasteiger partial charge in [0.15, 0.2) is 0 Å². The molecule has 1 aliphatic rings. The van der Waals surface area contributed by atoms with Crippen LogP contribution in [0, 0.1) is 17.0 Å². The normalized spacial score (nSPS) is 19.6. The van der Waals surface area contributed by atoms with Crippen molar-refractivity contribution in [3.8, 4) is 0 Å². The minimum Gasteiger partial charge on any atom is -0.336 e. The van der Waals surface area contributed by atoms with E-state index < -0.39 is 4.92 Å². The maximum absolute atomic E-state index is 12.0. The zero-order valence-electron chi connectivity index (χ0n) is 9.38. The number of nitrogens with two attached hydrogens (primary N) is 1. The average Bonchev–Trinajstić information content (AvgIpc) is 2.83. The fourth-order valence-corrected chi connectivity index (χ4v) is 2.84. The number of amides is 1. The summed E-state index contributed by atoms with van der Waals surface area (Å²) in [5, 5.41) is 10.7. The number of carbonyl (C=O) groups is 1. The van der Waals surface area contributed by atoms with Crippen LogP contribution < -0.4 is 5.73 Å². The van der Waals surface area contributed by atoms with Crippen molar-refractivity contribution in [3.05, 3.63) is 25.9 Å². The average molecular weight is 255 g/mol. The molecule has 2 N–H and O–H groups in total. The molecule has 0 bridgehead atoms. The molecule has 2 heterocycles. The molecule has 0 spiro atoms. The van der Waals surface area contributed by atoms with Crippen molar-refractivity contribution in [1.82, 2.24) is 4.90 Å². The first-order chi connectivity index (χ1) is 7.99. The summed E-state index contributed by atoms with van der Waals surface area (Å²) in [7, 11) is 0. The molecule has 7 heteroatoms. The van der Waals surface area contributed by atoms with E-state index in [4.69, 9.17) is 5.73 Å². The molecule has 2 rings (SSSR count). The molecule has 0 aromatic carbocycles. The molecular formula is C10H13N3O3S. The second-order valence-electron chi connectivity index (χ2n) is 4.11. The summed E-state index contributed by atoms with van der Waals surface area (Å²) in [6, 6.07) is 1.38. The summed E-state index contributed by atoms with van der Waals surface area (Å²) in [4.78, 5) is 24.9. The van der Waals surface area contributed by atoms with Gasteiger partial charge in [-0.25, -0.2) is 0 Å². The molecule has 1 aromatic heterocycles. The van der Waals surface area contributed by atoms with Crippen LogP contribution >= 0.6 is 11.3 Å². The lowest BCUT2D eigenvalue weighted by atomic mass is 10.3. The van der Waals surface area contributed by atoms with Crippen LogP contribution in [0.25, 0.3) is 0 Å². The van der Waals surface area contributed by atoms with Crippen LogP contribution in [0.3, 0.4) is 0 Å². The number of hydrogen-bond acceptors (Lipinski definition) is 5. The molecule has 1 saturated heterocycles. The lowest BCUT2D eigenvalue weighted by Crippen LogP contribution is -2.31. The first-order valence-electron chi connectivity index (χ1n) is 5.28. The first-order valence-corrected chi connectivity index (χ1v) is 6.10. The molecule has 17 heavy (non-hydrogen) atoms. The summed E-state index contributed by atoms with van der Waals surface area (Å²) in [6.45, 7) is 2.81. The van der Waals surface area contributed by atoms with Crippen LogP contribution in [0.5, 0.6) is 0 Å². The van der Waals surface area contributed by atoms with E-state index in [1.807, 2.05) is 0 Å². The largest absolute Gasteiger partial charge is 0.336 e. The molecule has 1 aliphatic heterocycles. The van der Waals surface area contributed by atoms with Gasteiger partial charge in [-0.15, -0.1) is 11.3 Å². The quantitative estimate of drug-likeness (QED) is 0.633. The Morgan fingerprint density at radius 2 is 2.41 bits per heavy atom. The number of carbonyl (C=O) groups excluding carboxylic acids is 1. The van der Waals surface area contributed by atoms with Gasteiger partial charge >= 0.3 is 0 Å². The SMILES string of the molecule is Cc1sc(C(=O)N2CC[C@@H](N)C2)cc1[N+](=O)[O-]. The summed E-state index contributed by atoms with van der Waals surface area (Å²) in [6.07, 6.45) is 0.790. The lowest BCUT2D eigenvalue weighted by Gasteiger charge is -2.13. The third kappa shape index (κ3) is 2.29. The second kappa shape index (κ2) is 4.42. The van der Waals surface area contributed by atoms with E-state index in [-0.39, 0.29) is 17.6 Å². The van der Waals surface area contributed by atoms with Crippen LogP contribution in [0.1, 0.15) is 21.0 Å². The molecule has 0 unspecified atom stereocenters. The van der Waals surface area contributed by atoms with Gasteiger partial charge in [-0.05, 0) is 13.3 Å². The Morgan fingerprint density at radius 3 is 2.88 bits per heavy atom. The Balaban J connectivity index is 2.20. The summed E-state index contributed by atoms with van der Waals surface area (Å²) in [5.74, 6) is -0.154. The summed E-state index contributed by atoms with van der Waals surface area (Å²) >= 11 is 1.17. The topological polar surface area (TPSA) is 89.5 Å². The highest BCUT2D eigenvalue weighted by Crippen LogP contribution is 2.29. The number of likely N-dealkylation sites (tertiary alicyclic amines) is 1. The fourth-order valence-electron chi connectivity index (χ4n) is 1.89. The number of thiophene rings is 1. The predicted molar refractivity (Wildman–Crippen MR) is 64.2 cm³/mol. The van der Waals surface area contributed by atoms with E-state index in [9.17, 15) is 14.9 Å². The van der Waals surface area contributed by atoms with Crippen molar-refractivity contribution in [1.29, 1.82) is 0 Å². The Morgan fingerprint density at radius 1 is 1.71 bits per heavy atom. The maximum Gasteiger partial charge on any atom is 0.283 e. The van der Waals surface area contributed by atoms with E-state index in [1.165, 1.54) is 17.4 Å². The van der Waals surface area contributed by atoms with Gasteiger partial charge in [-0.3, -0.25) is 14.9 Å².